The summed E-state index contributed by atoms with van der Waals surface area (Å²) in [6.45, 7) is 6.58. The van der Waals surface area contributed by atoms with E-state index in [0.29, 0.717) is 5.92 Å². The maximum absolute atomic E-state index is 12.5. The summed E-state index contributed by atoms with van der Waals surface area (Å²) >= 11 is 0. The van der Waals surface area contributed by atoms with Crippen molar-refractivity contribution in [2.45, 2.75) is 39.7 Å². The Balaban J connectivity index is 1.59. The summed E-state index contributed by atoms with van der Waals surface area (Å²) in [5.74, 6) is 1.46. The number of nitrogens with one attached hydrogen (secondary N) is 1. The van der Waals surface area contributed by atoms with E-state index in [0.717, 1.165) is 56.0 Å². The first-order valence-corrected chi connectivity index (χ1v) is 8.65. The number of nitrogens with zero attached hydrogens (tertiary/aromatic N) is 4. The molecule has 128 valence electrons. The smallest absolute Gasteiger partial charge is 0.321 e. The Morgan fingerprint density at radius 2 is 2.29 bits per heavy atom. The number of rotatable bonds is 4. The summed E-state index contributed by atoms with van der Waals surface area (Å²) in [6, 6.07) is 7.89. The molecule has 0 saturated carbocycles. The molecular formula is C18H25N5O. The van der Waals surface area contributed by atoms with E-state index in [1.165, 1.54) is 0 Å². The molecule has 6 nitrogen and oxygen atoms in total. The van der Waals surface area contributed by atoms with Crippen LogP contribution in [0.15, 0.2) is 30.6 Å². The molecule has 1 aromatic heterocycles. The molecule has 2 amide bonds. The van der Waals surface area contributed by atoms with Gasteiger partial charge < -0.3 is 14.8 Å². The van der Waals surface area contributed by atoms with Crippen LogP contribution >= 0.6 is 0 Å². The summed E-state index contributed by atoms with van der Waals surface area (Å²) in [7, 11) is 0. The molecule has 1 N–H and O–H groups in total. The van der Waals surface area contributed by atoms with Gasteiger partial charge in [0.2, 0.25) is 0 Å². The van der Waals surface area contributed by atoms with Crippen LogP contribution in [0.3, 0.4) is 0 Å². The van der Waals surface area contributed by atoms with Crippen molar-refractivity contribution in [1.29, 1.82) is 0 Å². The molecule has 1 atom stereocenters. The van der Waals surface area contributed by atoms with Crippen molar-refractivity contribution in [3.63, 3.8) is 0 Å². The van der Waals surface area contributed by atoms with Crippen molar-refractivity contribution in [2.75, 3.05) is 18.4 Å². The minimum Gasteiger partial charge on any atom is -0.324 e. The van der Waals surface area contributed by atoms with Crippen molar-refractivity contribution < 1.29 is 4.79 Å². The molecule has 24 heavy (non-hydrogen) atoms. The molecule has 0 bridgehead atoms. The fraction of sp³-hybridized carbons (Fsp3) is 0.500. The van der Waals surface area contributed by atoms with E-state index in [1.807, 2.05) is 36.1 Å². The standard InChI is InChI=1S/C18H25N5O/c1-3-22-13-19-21-17(22)11-15-7-5-9-23(12-15)18(24)20-16-8-4-6-14(2)10-16/h4,6,8,10,13,15H,3,5,7,9,11-12H2,1-2H3,(H,20,24). The molecular weight excluding hydrogens is 302 g/mol. The molecule has 1 aromatic carbocycles. The van der Waals surface area contributed by atoms with E-state index in [1.54, 1.807) is 6.33 Å². The minimum absolute atomic E-state index is 0.0118. The number of aromatic nitrogens is 3. The number of hydrogen-bond donors (Lipinski definition) is 1. The molecule has 2 heterocycles. The summed E-state index contributed by atoms with van der Waals surface area (Å²) in [4.78, 5) is 14.5. The minimum atomic E-state index is -0.0118. The van der Waals surface area contributed by atoms with E-state index in [4.69, 9.17) is 0 Å². The average Bonchev–Trinajstić information content (AvgIpc) is 3.02. The third-order valence-electron chi connectivity index (χ3n) is 4.58. The Morgan fingerprint density at radius 3 is 3.08 bits per heavy atom. The van der Waals surface area contributed by atoms with Gasteiger partial charge in [-0.2, -0.15) is 0 Å². The molecule has 0 radical (unpaired) electrons. The van der Waals surface area contributed by atoms with Gasteiger partial charge in [0.15, 0.2) is 0 Å². The SMILES string of the molecule is CCn1cnnc1CC1CCCN(C(=O)Nc2cccc(C)c2)C1. The molecule has 1 unspecified atom stereocenters. The van der Waals surface area contributed by atoms with Crippen LogP contribution in [0.4, 0.5) is 10.5 Å². The number of likely N-dealkylation sites (tertiary alicyclic amines) is 1. The van der Waals surface area contributed by atoms with Crippen LogP contribution in [0.5, 0.6) is 0 Å². The average molecular weight is 327 g/mol. The van der Waals surface area contributed by atoms with Crippen molar-refractivity contribution in [3.8, 4) is 0 Å². The molecule has 6 heteroatoms. The Bertz CT molecular complexity index is 696. The topological polar surface area (TPSA) is 63.1 Å². The monoisotopic (exact) mass is 327 g/mol. The van der Waals surface area contributed by atoms with Crippen LogP contribution in [0, 0.1) is 12.8 Å². The Labute approximate surface area is 142 Å². The number of piperidine rings is 1. The maximum atomic E-state index is 12.5. The highest BCUT2D eigenvalue weighted by Crippen LogP contribution is 2.21. The first-order chi connectivity index (χ1) is 11.7. The quantitative estimate of drug-likeness (QED) is 0.938. The lowest BCUT2D eigenvalue weighted by Gasteiger charge is -2.32. The van der Waals surface area contributed by atoms with Crippen LogP contribution in [0.2, 0.25) is 0 Å². The normalized spacial score (nSPS) is 17.8. The first-order valence-electron chi connectivity index (χ1n) is 8.65. The summed E-state index contributed by atoms with van der Waals surface area (Å²) in [6.07, 6.45) is 4.82. The summed E-state index contributed by atoms with van der Waals surface area (Å²) < 4.78 is 2.08. The molecule has 0 aliphatic carbocycles. The van der Waals surface area contributed by atoms with E-state index < -0.39 is 0 Å². The van der Waals surface area contributed by atoms with Gasteiger partial charge in [0.25, 0.3) is 0 Å². The third kappa shape index (κ3) is 3.93. The zero-order valence-corrected chi connectivity index (χ0v) is 14.4. The van der Waals surface area contributed by atoms with E-state index in [-0.39, 0.29) is 6.03 Å². The second-order valence-electron chi connectivity index (χ2n) is 6.49. The maximum Gasteiger partial charge on any atom is 0.321 e. The van der Waals surface area contributed by atoms with Crippen molar-refractivity contribution in [1.82, 2.24) is 19.7 Å². The van der Waals surface area contributed by atoms with Gasteiger partial charge in [0.1, 0.15) is 12.2 Å². The fourth-order valence-electron chi connectivity index (χ4n) is 3.30. The highest BCUT2D eigenvalue weighted by Gasteiger charge is 2.25. The van der Waals surface area contributed by atoms with Gasteiger partial charge >= 0.3 is 6.03 Å². The predicted octanol–water partition coefficient (Wildman–Crippen LogP) is 3.09. The Hall–Kier alpha value is -2.37. The largest absolute Gasteiger partial charge is 0.324 e. The van der Waals surface area contributed by atoms with Crippen LogP contribution in [0.25, 0.3) is 0 Å². The number of hydrogen-bond acceptors (Lipinski definition) is 3. The Morgan fingerprint density at radius 1 is 1.42 bits per heavy atom. The van der Waals surface area contributed by atoms with Crippen molar-refractivity contribution >= 4 is 11.7 Å². The Kier molecular flexibility index (Phi) is 5.13. The highest BCUT2D eigenvalue weighted by molar-refractivity contribution is 5.89. The molecule has 1 aliphatic rings. The van der Waals surface area contributed by atoms with Crippen LogP contribution in [0.1, 0.15) is 31.2 Å². The zero-order chi connectivity index (χ0) is 16.9. The summed E-state index contributed by atoms with van der Waals surface area (Å²) in [5, 5.41) is 11.2. The van der Waals surface area contributed by atoms with E-state index in [2.05, 4.69) is 27.0 Å². The number of carbonyl (C=O) groups excluding carboxylic acids is 1. The van der Waals surface area contributed by atoms with Crippen LogP contribution in [-0.2, 0) is 13.0 Å². The molecule has 2 aromatic rings. The number of aryl methyl sites for hydroxylation is 2. The van der Waals surface area contributed by atoms with Gasteiger partial charge in [-0.25, -0.2) is 4.79 Å². The van der Waals surface area contributed by atoms with Crippen molar-refractivity contribution in [2.24, 2.45) is 5.92 Å². The van der Waals surface area contributed by atoms with Crippen molar-refractivity contribution in [3.05, 3.63) is 42.0 Å². The number of urea groups is 1. The lowest BCUT2D eigenvalue weighted by molar-refractivity contribution is 0.176. The number of carbonyl (C=O) groups is 1. The van der Waals surface area contributed by atoms with Gasteiger partial charge in [-0.1, -0.05) is 12.1 Å². The van der Waals surface area contributed by atoms with Gasteiger partial charge in [-0.05, 0) is 50.3 Å². The van der Waals surface area contributed by atoms with E-state index >= 15 is 0 Å². The first kappa shape index (κ1) is 16.5. The van der Waals surface area contributed by atoms with Gasteiger partial charge in [0, 0.05) is 31.7 Å². The second kappa shape index (κ2) is 7.47. The molecule has 3 rings (SSSR count). The lowest BCUT2D eigenvalue weighted by atomic mass is 9.94. The summed E-state index contributed by atoms with van der Waals surface area (Å²) in [5.41, 5.74) is 2.00. The number of benzene rings is 1. The van der Waals surface area contributed by atoms with Gasteiger partial charge in [-0.15, -0.1) is 10.2 Å². The molecule has 1 aliphatic heterocycles. The highest BCUT2D eigenvalue weighted by atomic mass is 16.2. The van der Waals surface area contributed by atoms with Crippen LogP contribution in [-0.4, -0.2) is 38.8 Å². The van der Waals surface area contributed by atoms with Crippen LogP contribution < -0.4 is 5.32 Å². The third-order valence-corrected chi connectivity index (χ3v) is 4.58. The molecule has 1 fully saturated rings. The molecule has 0 spiro atoms. The fourth-order valence-corrected chi connectivity index (χ4v) is 3.30. The zero-order valence-electron chi connectivity index (χ0n) is 14.4. The number of anilines is 1. The predicted molar refractivity (Wildman–Crippen MR) is 93.9 cm³/mol. The van der Waals surface area contributed by atoms with Gasteiger partial charge in [-0.3, -0.25) is 0 Å². The lowest BCUT2D eigenvalue weighted by Crippen LogP contribution is -2.43. The molecule has 1 saturated heterocycles. The van der Waals surface area contributed by atoms with Gasteiger partial charge in [0.05, 0.1) is 0 Å². The number of amides is 2. The second-order valence-corrected chi connectivity index (χ2v) is 6.49. The van der Waals surface area contributed by atoms with E-state index in [9.17, 15) is 4.79 Å².